The van der Waals surface area contributed by atoms with Crippen LogP contribution < -0.4 is 10.2 Å². The fourth-order valence-corrected chi connectivity index (χ4v) is 4.87. The number of nitrogens with zero attached hydrogens (tertiary/aromatic N) is 4. The second-order valence-electron chi connectivity index (χ2n) is 8.46. The number of piperidine rings is 1. The number of rotatable bonds is 3. The lowest BCUT2D eigenvalue weighted by molar-refractivity contribution is -0.115. The molecule has 4 heterocycles. The maximum absolute atomic E-state index is 13.9. The largest absolute Gasteiger partial charge is 0.348 e. The van der Waals surface area contributed by atoms with Crippen molar-refractivity contribution < 1.29 is 9.18 Å². The van der Waals surface area contributed by atoms with Gasteiger partial charge in [0.05, 0.1) is 24.4 Å². The Kier molecular flexibility index (Phi) is 4.41. The molecular formula is C25H22FN5O. The molecule has 2 aromatic heterocycles. The van der Waals surface area contributed by atoms with E-state index in [4.69, 9.17) is 5.10 Å². The predicted octanol–water partition coefficient (Wildman–Crippen LogP) is 4.76. The molecule has 1 amide bonds. The minimum Gasteiger partial charge on any atom is -0.348 e. The van der Waals surface area contributed by atoms with Gasteiger partial charge in [-0.2, -0.15) is 0 Å². The van der Waals surface area contributed by atoms with Crippen LogP contribution in [0.4, 0.5) is 15.9 Å². The van der Waals surface area contributed by atoms with Crippen molar-refractivity contribution in [2.45, 2.75) is 31.7 Å². The number of carbonyl (C=O) groups is 1. The SMILES string of the molecule is O=C1Cc2cc(-c3cnc4ccc(N5CCCCC5c5cccc(F)c5)nn34)ccc2N1. The predicted molar refractivity (Wildman–Crippen MR) is 121 cm³/mol. The van der Waals surface area contributed by atoms with Crippen LogP contribution in [0.25, 0.3) is 16.9 Å². The van der Waals surface area contributed by atoms with Gasteiger partial charge in [0.1, 0.15) is 11.6 Å². The molecular weight excluding hydrogens is 405 g/mol. The zero-order valence-corrected chi connectivity index (χ0v) is 17.5. The van der Waals surface area contributed by atoms with Crippen LogP contribution in [-0.4, -0.2) is 27.0 Å². The van der Waals surface area contributed by atoms with Gasteiger partial charge in [-0.15, -0.1) is 5.10 Å². The number of hydrogen-bond acceptors (Lipinski definition) is 4. The van der Waals surface area contributed by atoms with E-state index in [2.05, 4.69) is 15.2 Å². The number of halogens is 1. The number of carbonyl (C=O) groups excluding carboxylic acids is 1. The van der Waals surface area contributed by atoms with Crippen LogP contribution in [0, 0.1) is 5.82 Å². The molecule has 7 heteroatoms. The summed E-state index contributed by atoms with van der Waals surface area (Å²) in [7, 11) is 0. The van der Waals surface area contributed by atoms with E-state index in [0.717, 1.165) is 65.3 Å². The van der Waals surface area contributed by atoms with Crippen molar-refractivity contribution in [3.63, 3.8) is 0 Å². The summed E-state index contributed by atoms with van der Waals surface area (Å²) < 4.78 is 15.8. The Bertz CT molecular complexity index is 1350. The summed E-state index contributed by atoms with van der Waals surface area (Å²) in [6.45, 7) is 0.871. The Morgan fingerprint density at radius 3 is 2.91 bits per heavy atom. The molecule has 0 spiro atoms. The Morgan fingerprint density at radius 1 is 1.06 bits per heavy atom. The molecule has 2 aromatic carbocycles. The molecule has 1 atom stereocenters. The maximum Gasteiger partial charge on any atom is 0.228 e. The molecule has 0 bridgehead atoms. The van der Waals surface area contributed by atoms with Gasteiger partial charge in [0, 0.05) is 17.8 Å². The normalized spacial score (nSPS) is 18.1. The van der Waals surface area contributed by atoms with Crippen LogP contribution in [0.2, 0.25) is 0 Å². The lowest BCUT2D eigenvalue weighted by Gasteiger charge is -2.37. The second-order valence-corrected chi connectivity index (χ2v) is 8.46. The first-order valence-corrected chi connectivity index (χ1v) is 11.0. The minimum atomic E-state index is -0.210. The zero-order valence-electron chi connectivity index (χ0n) is 17.5. The summed E-state index contributed by atoms with van der Waals surface area (Å²) in [6.07, 6.45) is 5.36. The van der Waals surface area contributed by atoms with Gasteiger partial charge in [-0.3, -0.25) is 4.79 Å². The van der Waals surface area contributed by atoms with Crippen molar-refractivity contribution in [2.24, 2.45) is 0 Å². The third-order valence-electron chi connectivity index (χ3n) is 6.40. The Hall–Kier alpha value is -3.74. The quantitative estimate of drug-likeness (QED) is 0.512. The molecule has 0 radical (unpaired) electrons. The highest BCUT2D eigenvalue weighted by molar-refractivity contribution is 5.99. The van der Waals surface area contributed by atoms with Crippen molar-refractivity contribution >= 4 is 23.1 Å². The van der Waals surface area contributed by atoms with Gasteiger partial charge >= 0.3 is 0 Å². The fraction of sp³-hybridized carbons (Fsp3) is 0.240. The summed E-state index contributed by atoms with van der Waals surface area (Å²) in [6, 6.07) is 16.9. The van der Waals surface area contributed by atoms with Gasteiger partial charge in [0.2, 0.25) is 5.91 Å². The molecule has 1 fully saturated rings. The molecule has 6 nitrogen and oxygen atoms in total. The average molecular weight is 427 g/mol. The lowest BCUT2D eigenvalue weighted by atomic mass is 9.95. The van der Waals surface area contributed by atoms with E-state index in [-0.39, 0.29) is 17.8 Å². The lowest BCUT2D eigenvalue weighted by Crippen LogP contribution is -2.34. The van der Waals surface area contributed by atoms with Gasteiger partial charge in [0.25, 0.3) is 0 Å². The number of aromatic nitrogens is 3. The van der Waals surface area contributed by atoms with Gasteiger partial charge < -0.3 is 10.2 Å². The number of nitrogens with one attached hydrogen (secondary N) is 1. The molecule has 1 saturated heterocycles. The average Bonchev–Trinajstić information content (AvgIpc) is 3.40. The van der Waals surface area contributed by atoms with Crippen LogP contribution in [0.15, 0.2) is 60.8 Å². The van der Waals surface area contributed by atoms with E-state index in [1.807, 2.05) is 47.1 Å². The number of anilines is 2. The smallest absolute Gasteiger partial charge is 0.228 e. The Balaban J connectivity index is 1.40. The van der Waals surface area contributed by atoms with Crippen LogP contribution in [0.5, 0.6) is 0 Å². The second kappa shape index (κ2) is 7.44. The molecule has 1 N–H and O–H groups in total. The number of benzene rings is 2. The third-order valence-corrected chi connectivity index (χ3v) is 6.40. The summed E-state index contributed by atoms with van der Waals surface area (Å²) in [5, 5.41) is 7.82. The van der Waals surface area contributed by atoms with Crippen molar-refractivity contribution in [3.05, 3.63) is 77.7 Å². The highest BCUT2D eigenvalue weighted by atomic mass is 19.1. The number of amides is 1. The van der Waals surface area contributed by atoms with E-state index in [0.29, 0.717) is 6.42 Å². The van der Waals surface area contributed by atoms with Crippen molar-refractivity contribution in [1.82, 2.24) is 14.6 Å². The topological polar surface area (TPSA) is 62.5 Å². The maximum atomic E-state index is 13.9. The van der Waals surface area contributed by atoms with Gasteiger partial charge in [-0.25, -0.2) is 13.9 Å². The van der Waals surface area contributed by atoms with E-state index >= 15 is 0 Å². The van der Waals surface area contributed by atoms with Crippen LogP contribution in [0.1, 0.15) is 36.4 Å². The zero-order chi connectivity index (χ0) is 21.7. The summed E-state index contributed by atoms with van der Waals surface area (Å²) in [4.78, 5) is 18.5. The highest BCUT2D eigenvalue weighted by Crippen LogP contribution is 2.35. The van der Waals surface area contributed by atoms with Crippen LogP contribution >= 0.6 is 0 Å². The van der Waals surface area contributed by atoms with E-state index in [9.17, 15) is 9.18 Å². The summed E-state index contributed by atoms with van der Waals surface area (Å²) >= 11 is 0. The number of hydrogen-bond donors (Lipinski definition) is 1. The first-order valence-electron chi connectivity index (χ1n) is 11.0. The van der Waals surface area contributed by atoms with Crippen molar-refractivity contribution in [3.8, 4) is 11.3 Å². The van der Waals surface area contributed by atoms with E-state index in [1.165, 1.54) is 6.07 Å². The summed E-state index contributed by atoms with van der Waals surface area (Å²) in [5.74, 6) is 0.658. The molecule has 4 aromatic rings. The molecule has 0 aliphatic carbocycles. The fourth-order valence-electron chi connectivity index (χ4n) is 4.87. The van der Waals surface area contributed by atoms with Gasteiger partial charge in [-0.05, 0) is 66.8 Å². The first kappa shape index (κ1) is 19.0. The highest BCUT2D eigenvalue weighted by Gasteiger charge is 2.26. The summed E-state index contributed by atoms with van der Waals surface area (Å²) in [5.41, 5.74) is 5.44. The third kappa shape index (κ3) is 3.21. The molecule has 0 saturated carbocycles. The Labute approximate surface area is 184 Å². The monoisotopic (exact) mass is 427 g/mol. The first-order chi connectivity index (χ1) is 15.7. The van der Waals surface area contributed by atoms with E-state index < -0.39 is 0 Å². The van der Waals surface area contributed by atoms with Crippen molar-refractivity contribution in [2.75, 3.05) is 16.8 Å². The Morgan fingerprint density at radius 2 is 2.00 bits per heavy atom. The molecule has 160 valence electrons. The molecule has 2 aliphatic rings. The standard InChI is InChI=1S/C25H22FN5O/c26-19-5-3-4-16(13-19)21-6-1-2-11-30(21)24-10-9-23-27-15-22(31(23)29-24)17-7-8-20-18(12-17)14-25(32)28-20/h3-5,7-10,12-13,15,21H,1-2,6,11,14H2,(H,28,32). The molecule has 1 unspecified atom stereocenters. The van der Waals surface area contributed by atoms with Gasteiger partial charge in [0.15, 0.2) is 5.65 Å². The van der Waals surface area contributed by atoms with Crippen LogP contribution in [-0.2, 0) is 11.2 Å². The molecule has 2 aliphatic heterocycles. The number of fused-ring (bicyclic) bond motifs is 2. The van der Waals surface area contributed by atoms with Crippen molar-refractivity contribution in [1.29, 1.82) is 0 Å². The minimum absolute atomic E-state index is 0.0178. The van der Waals surface area contributed by atoms with Crippen LogP contribution in [0.3, 0.4) is 0 Å². The van der Waals surface area contributed by atoms with E-state index in [1.54, 1.807) is 12.1 Å². The molecule has 6 rings (SSSR count). The molecule has 32 heavy (non-hydrogen) atoms. The number of imidazole rings is 1. The van der Waals surface area contributed by atoms with Gasteiger partial charge in [-0.1, -0.05) is 18.2 Å².